The van der Waals surface area contributed by atoms with Gasteiger partial charge in [-0.05, 0) is 66.5 Å². The minimum Gasteiger partial charge on any atom is -0.478 e. The third-order valence-electron chi connectivity index (χ3n) is 4.57. The number of hydrogen-bond acceptors (Lipinski definition) is 4. The maximum atomic E-state index is 11.9. The van der Waals surface area contributed by atoms with Gasteiger partial charge in [0.15, 0.2) is 0 Å². The van der Waals surface area contributed by atoms with Crippen molar-refractivity contribution in [1.82, 2.24) is 0 Å². The number of carboxylic acids is 1. The summed E-state index contributed by atoms with van der Waals surface area (Å²) in [5.41, 5.74) is 3.56. The molecule has 122 valence electrons. The van der Waals surface area contributed by atoms with Gasteiger partial charge in [-0.15, -0.1) is 11.3 Å². The van der Waals surface area contributed by atoms with E-state index in [1.165, 1.54) is 4.88 Å². The fourth-order valence-corrected chi connectivity index (χ4v) is 4.70. The number of fused-ring (bicyclic) bond motifs is 1. The molecule has 2 aromatic rings. The summed E-state index contributed by atoms with van der Waals surface area (Å²) in [6.07, 6.45) is 2.87. The number of carboxylic acid groups (broad SMARTS) is 1. The standard InChI is InChI=1S/C18H21NO3S/c1-10-8-11(22-19)4-5-12(10)16-15(17(20)21)13-9-18(2,3)7-6-14(13)23-16/h4-5,8H,6-7,9,19H2,1-3H3,(H,20,21). The van der Waals surface area contributed by atoms with Gasteiger partial charge in [-0.1, -0.05) is 13.8 Å². The number of aryl methyl sites for hydroxylation is 2. The Morgan fingerprint density at radius 1 is 1.39 bits per heavy atom. The topological polar surface area (TPSA) is 72.5 Å². The number of carbonyl (C=O) groups is 1. The molecule has 1 heterocycles. The Bertz CT molecular complexity index is 777. The van der Waals surface area contributed by atoms with E-state index in [1.54, 1.807) is 17.4 Å². The van der Waals surface area contributed by atoms with Crippen molar-refractivity contribution >= 4 is 17.3 Å². The average molecular weight is 331 g/mol. The number of nitrogens with two attached hydrogens (primary N) is 1. The van der Waals surface area contributed by atoms with Crippen LogP contribution in [-0.4, -0.2) is 11.1 Å². The van der Waals surface area contributed by atoms with Gasteiger partial charge in [0.1, 0.15) is 5.75 Å². The second-order valence-corrected chi connectivity index (χ2v) is 8.05. The number of thiophene rings is 1. The summed E-state index contributed by atoms with van der Waals surface area (Å²) in [5.74, 6) is 4.94. The second-order valence-electron chi connectivity index (χ2n) is 6.95. The maximum absolute atomic E-state index is 11.9. The molecule has 0 saturated heterocycles. The molecule has 1 aliphatic carbocycles. The predicted molar refractivity (Wildman–Crippen MR) is 92.1 cm³/mol. The van der Waals surface area contributed by atoms with Crippen LogP contribution in [0.4, 0.5) is 0 Å². The van der Waals surface area contributed by atoms with E-state index in [9.17, 15) is 9.90 Å². The van der Waals surface area contributed by atoms with Crippen LogP contribution < -0.4 is 10.7 Å². The quantitative estimate of drug-likeness (QED) is 0.827. The van der Waals surface area contributed by atoms with Gasteiger partial charge in [-0.25, -0.2) is 4.79 Å². The first-order valence-electron chi connectivity index (χ1n) is 7.68. The Morgan fingerprint density at radius 3 is 2.74 bits per heavy atom. The lowest BCUT2D eigenvalue weighted by Crippen LogP contribution is -2.22. The monoisotopic (exact) mass is 331 g/mol. The Labute approximate surface area is 139 Å². The molecule has 0 fully saturated rings. The van der Waals surface area contributed by atoms with Crippen molar-refractivity contribution in [2.75, 3.05) is 0 Å². The van der Waals surface area contributed by atoms with Crippen LogP contribution in [0.1, 0.15) is 46.6 Å². The summed E-state index contributed by atoms with van der Waals surface area (Å²) in [4.78, 5) is 18.8. The molecule has 3 N–H and O–H groups in total. The number of benzene rings is 1. The number of hydrogen-bond donors (Lipinski definition) is 2. The van der Waals surface area contributed by atoms with Crippen LogP contribution in [-0.2, 0) is 12.8 Å². The molecule has 0 bridgehead atoms. The summed E-state index contributed by atoms with van der Waals surface area (Å²) >= 11 is 1.62. The molecule has 4 nitrogen and oxygen atoms in total. The lowest BCUT2D eigenvalue weighted by Gasteiger charge is -2.29. The van der Waals surface area contributed by atoms with Gasteiger partial charge in [-0.2, -0.15) is 5.90 Å². The minimum atomic E-state index is -0.839. The second kappa shape index (κ2) is 5.65. The minimum absolute atomic E-state index is 0.155. The van der Waals surface area contributed by atoms with Gasteiger partial charge in [-0.3, -0.25) is 0 Å². The maximum Gasteiger partial charge on any atom is 0.337 e. The molecule has 0 spiro atoms. The summed E-state index contributed by atoms with van der Waals surface area (Å²) < 4.78 is 0. The number of aromatic carboxylic acids is 1. The van der Waals surface area contributed by atoms with Crippen molar-refractivity contribution in [1.29, 1.82) is 0 Å². The Kier molecular flexibility index (Phi) is 3.94. The average Bonchev–Trinajstić information content (AvgIpc) is 2.83. The van der Waals surface area contributed by atoms with Crippen LogP contribution in [0.25, 0.3) is 10.4 Å². The first-order valence-corrected chi connectivity index (χ1v) is 8.49. The van der Waals surface area contributed by atoms with Crippen molar-refractivity contribution in [2.45, 2.75) is 40.0 Å². The van der Waals surface area contributed by atoms with Crippen LogP contribution in [0.2, 0.25) is 0 Å². The van der Waals surface area contributed by atoms with Crippen LogP contribution in [0.3, 0.4) is 0 Å². The van der Waals surface area contributed by atoms with Crippen molar-refractivity contribution in [2.24, 2.45) is 11.3 Å². The lowest BCUT2D eigenvalue weighted by molar-refractivity contribution is 0.0696. The van der Waals surface area contributed by atoms with E-state index in [2.05, 4.69) is 13.8 Å². The highest BCUT2D eigenvalue weighted by molar-refractivity contribution is 7.16. The normalized spacial score (nSPS) is 16.0. The van der Waals surface area contributed by atoms with Crippen LogP contribution in [0, 0.1) is 12.3 Å². The van der Waals surface area contributed by atoms with E-state index >= 15 is 0 Å². The molecular weight excluding hydrogens is 310 g/mol. The third kappa shape index (κ3) is 2.86. The fraction of sp³-hybridized carbons (Fsp3) is 0.389. The molecule has 1 aromatic carbocycles. The predicted octanol–water partition coefficient (Wildman–Crippen LogP) is 4.19. The zero-order chi connectivity index (χ0) is 16.8. The molecule has 23 heavy (non-hydrogen) atoms. The summed E-state index contributed by atoms with van der Waals surface area (Å²) in [6.45, 7) is 6.36. The molecule has 0 atom stereocenters. The van der Waals surface area contributed by atoms with Crippen LogP contribution in [0.15, 0.2) is 18.2 Å². The van der Waals surface area contributed by atoms with Crippen LogP contribution in [0.5, 0.6) is 5.75 Å². The van der Waals surface area contributed by atoms with E-state index in [0.717, 1.165) is 40.8 Å². The molecule has 1 aromatic heterocycles. The van der Waals surface area contributed by atoms with E-state index < -0.39 is 5.97 Å². The molecule has 0 unspecified atom stereocenters. The van der Waals surface area contributed by atoms with Crippen molar-refractivity contribution in [3.05, 3.63) is 39.8 Å². The largest absolute Gasteiger partial charge is 0.478 e. The SMILES string of the molecule is Cc1cc(ON)ccc1-c1sc2c(c1C(=O)O)CC(C)(C)CC2. The van der Waals surface area contributed by atoms with Crippen molar-refractivity contribution in [3.8, 4) is 16.2 Å². The zero-order valence-corrected chi connectivity index (χ0v) is 14.4. The van der Waals surface area contributed by atoms with E-state index in [4.69, 9.17) is 10.7 Å². The smallest absolute Gasteiger partial charge is 0.337 e. The molecule has 1 aliphatic rings. The number of rotatable bonds is 3. The first-order chi connectivity index (χ1) is 10.8. The molecule has 3 rings (SSSR count). The summed E-state index contributed by atoms with van der Waals surface area (Å²) in [5, 5.41) is 9.80. The highest BCUT2D eigenvalue weighted by Crippen LogP contribution is 2.45. The first kappa shape index (κ1) is 16.0. The van der Waals surface area contributed by atoms with Gasteiger partial charge < -0.3 is 9.94 Å². The van der Waals surface area contributed by atoms with Crippen LogP contribution >= 0.6 is 11.3 Å². The molecule has 0 radical (unpaired) electrons. The van der Waals surface area contributed by atoms with E-state index in [1.807, 2.05) is 19.1 Å². The van der Waals surface area contributed by atoms with Gasteiger partial charge in [0.05, 0.1) is 5.56 Å². The third-order valence-corrected chi connectivity index (χ3v) is 5.89. The van der Waals surface area contributed by atoms with Gasteiger partial charge in [0, 0.05) is 9.75 Å². The highest BCUT2D eigenvalue weighted by Gasteiger charge is 2.33. The fourth-order valence-electron chi connectivity index (χ4n) is 3.30. The molecule has 0 aliphatic heterocycles. The Morgan fingerprint density at radius 2 is 2.13 bits per heavy atom. The molecule has 5 heteroatoms. The van der Waals surface area contributed by atoms with E-state index in [0.29, 0.717) is 11.3 Å². The van der Waals surface area contributed by atoms with Gasteiger partial charge in [0.25, 0.3) is 0 Å². The molecule has 0 saturated carbocycles. The molecule has 0 amide bonds. The molecular formula is C18H21NO3S. The Hall–Kier alpha value is -1.85. The summed E-state index contributed by atoms with van der Waals surface area (Å²) in [6, 6.07) is 5.51. The van der Waals surface area contributed by atoms with Gasteiger partial charge >= 0.3 is 5.97 Å². The zero-order valence-electron chi connectivity index (χ0n) is 13.6. The lowest BCUT2D eigenvalue weighted by atomic mass is 9.76. The Balaban J connectivity index is 2.18. The highest BCUT2D eigenvalue weighted by atomic mass is 32.1. The van der Waals surface area contributed by atoms with Crippen molar-refractivity contribution < 1.29 is 14.7 Å². The van der Waals surface area contributed by atoms with E-state index in [-0.39, 0.29) is 5.41 Å². The van der Waals surface area contributed by atoms with Gasteiger partial charge in [0.2, 0.25) is 0 Å². The summed E-state index contributed by atoms with van der Waals surface area (Å²) in [7, 11) is 0. The van der Waals surface area contributed by atoms with Crippen molar-refractivity contribution in [3.63, 3.8) is 0 Å².